The minimum atomic E-state index is -0.396. The van der Waals surface area contributed by atoms with E-state index in [1.54, 1.807) is 12.1 Å². The minimum Gasteiger partial charge on any atom is -0.325 e. The van der Waals surface area contributed by atoms with Crippen molar-refractivity contribution < 1.29 is 9.18 Å². The maximum absolute atomic E-state index is 13.6. The molecule has 1 aliphatic heterocycles. The maximum atomic E-state index is 13.6. The molecular formula is C25H30FN5OS. The predicted molar refractivity (Wildman–Crippen MR) is 130 cm³/mol. The molecule has 1 saturated heterocycles. The van der Waals surface area contributed by atoms with Crippen LogP contribution in [0.3, 0.4) is 0 Å². The first kappa shape index (κ1) is 23.4. The second-order valence-corrected chi connectivity index (χ2v) is 9.85. The lowest BCUT2D eigenvalue weighted by atomic mass is 10.1. The quantitative estimate of drug-likeness (QED) is 0.473. The topological polar surface area (TPSA) is 63.1 Å². The molecule has 1 aliphatic rings. The van der Waals surface area contributed by atoms with Crippen LogP contribution in [-0.2, 0) is 4.79 Å². The van der Waals surface area contributed by atoms with Gasteiger partial charge in [0.1, 0.15) is 5.82 Å². The van der Waals surface area contributed by atoms with Gasteiger partial charge in [0.05, 0.1) is 11.3 Å². The van der Waals surface area contributed by atoms with Crippen molar-refractivity contribution in [2.24, 2.45) is 0 Å². The summed E-state index contributed by atoms with van der Waals surface area (Å²) >= 11 is 1.35. The van der Waals surface area contributed by atoms with Gasteiger partial charge in [-0.15, -0.1) is 10.2 Å². The van der Waals surface area contributed by atoms with Crippen molar-refractivity contribution in [1.29, 1.82) is 0 Å². The Balaban J connectivity index is 1.58. The first-order valence-electron chi connectivity index (χ1n) is 11.4. The average molecular weight is 468 g/mol. The largest absolute Gasteiger partial charge is 0.325 e. The van der Waals surface area contributed by atoms with Crippen LogP contribution in [0.1, 0.15) is 50.5 Å². The van der Waals surface area contributed by atoms with Gasteiger partial charge in [-0.05, 0) is 83.1 Å². The Morgan fingerprint density at radius 2 is 1.67 bits per heavy atom. The molecule has 1 amide bonds. The molecule has 2 heterocycles. The molecular weight excluding hydrogens is 437 g/mol. The van der Waals surface area contributed by atoms with Crippen molar-refractivity contribution in [2.45, 2.75) is 56.5 Å². The van der Waals surface area contributed by atoms with Gasteiger partial charge in [0.25, 0.3) is 0 Å². The highest BCUT2D eigenvalue weighted by Crippen LogP contribution is 2.31. The van der Waals surface area contributed by atoms with Crippen molar-refractivity contribution in [3.05, 3.63) is 65.7 Å². The number of aryl methyl sites for hydroxylation is 1. The van der Waals surface area contributed by atoms with E-state index in [1.165, 1.54) is 43.2 Å². The van der Waals surface area contributed by atoms with Crippen LogP contribution < -0.4 is 5.32 Å². The molecule has 8 heteroatoms. The summed E-state index contributed by atoms with van der Waals surface area (Å²) in [5.74, 6) is 0.401. The number of hydrogen-bond donors (Lipinski definition) is 1. The maximum Gasteiger partial charge on any atom is 0.237 e. The molecule has 1 aromatic heterocycles. The van der Waals surface area contributed by atoms with Crippen LogP contribution in [0.2, 0.25) is 0 Å². The lowest BCUT2D eigenvalue weighted by Crippen LogP contribution is -2.33. The fraction of sp³-hybridized carbons (Fsp3) is 0.400. The molecule has 2 atom stereocenters. The first-order chi connectivity index (χ1) is 15.9. The number of hydrogen-bond acceptors (Lipinski definition) is 5. The third-order valence-corrected chi connectivity index (χ3v) is 7.07. The van der Waals surface area contributed by atoms with Gasteiger partial charge in [-0.25, -0.2) is 4.39 Å². The van der Waals surface area contributed by atoms with Crippen LogP contribution in [0.25, 0.3) is 5.69 Å². The molecule has 33 heavy (non-hydrogen) atoms. The van der Waals surface area contributed by atoms with E-state index in [0.717, 1.165) is 35.9 Å². The number of thioether (sulfide) groups is 1. The molecule has 4 rings (SSSR count). The number of rotatable bonds is 7. The van der Waals surface area contributed by atoms with Crippen LogP contribution in [0.4, 0.5) is 10.1 Å². The van der Waals surface area contributed by atoms with Crippen LogP contribution in [-0.4, -0.2) is 43.9 Å². The summed E-state index contributed by atoms with van der Waals surface area (Å²) in [7, 11) is 0. The van der Waals surface area contributed by atoms with E-state index in [-0.39, 0.29) is 17.8 Å². The number of benzene rings is 2. The zero-order valence-corrected chi connectivity index (χ0v) is 20.1. The number of amides is 1. The molecule has 0 spiro atoms. The van der Waals surface area contributed by atoms with Crippen LogP contribution in [0.15, 0.2) is 53.7 Å². The van der Waals surface area contributed by atoms with Gasteiger partial charge in [-0.3, -0.25) is 14.3 Å². The monoisotopic (exact) mass is 467 g/mol. The zero-order chi connectivity index (χ0) is 23.4. The molecule has 2 unspecified atom stereocenters. The molecule has 3 aromatic rings. The van der Waals surface area contributed by atoms with Crippen LogP contribution >= 0.6 is 11.8 Å². The third kappa shape index (κ3) is 5.62. The highest BCUT2D eigenvalue weighted by molar-refractivity contribution is 8.00. The zero-order valence-electron chi connectivity index (χ0n) is 19.3. The minimum absolute atomic E-state index is 0.0638. The Morgan fingerprint density at radius 3 is 2.33 bits per heavy atom. The second kappa shape index (κ2) is 10.5. The molecule has 1 fully saturated rings. The lowest BCUT2D eigenvalue weighted by molar-refractivity contribution is -0.115. The number of nitrogens with one attached hydrogen (secondary N) is 1. The molecule has 0 bridgehead atoms. The number of anilines is 1. The van der Waals surface area contributed by atoms with E-state index in [4.69, 9.17) is 0 Å². The van der Waals surface area contributed by atoms with Crippen molar-refractivity contribution in [2.75, 3.05) is 18.4 Å². The summed E-state index contributed by atoms with van der Waals surface area (Å²) < 4.78 is 15.6. The van der Waals surface area contributed by atoms with E-state index in [0.29, 0.717) is 5.16 Å². The number of aromatic nitrogens is 3. The lowest BCUT2D eigenvalue weighted by Gasteiger charge is -2.32. The molecule has 174 valence electrons. The Labute approximate surface area is 198 Å². The molecule has 0 aliphatic carbocycles. The van der Waals surface area contributed by atoms with Gasteiger partial charge in [-0.2, -0.15) is 0 Å². The fourth-order valence-corrected chi connectivity index (χ4v) is 4.90. The van der Waals surface area contributed by atoms with Crippen molar-refractivity contribution >= 4 is 23.4 Å². The van der Waals surface area contributed by atoms with Gasteiger partial charge >= 0.3 is 0 Å². The predicted octanol–water partition coefficient (Wildman–Crippen LogP) is 5.38. The second-order valence-electron chi connectivity index (χ2n) is 8.54. The molecule has 0 saturated carbocycles. The Hall–Kier alpha value is -2.71. The molecule has 1 N–H and O–H groups in total. The highest BCUT2D eigenvalue weighted by atomic mass is 32.2. The van der Waals surface area contributed by atoms with Gasteiger partial charge in [0.2, 0.25) is 5.91 Å². The average Bonchev–Trinajstić information content (AvgIpc) is 3.24. The number of halogens is 1. The number of carbonyl (C=O) groups is 1. The number of nitrogens with zero attached hydrogens (tertiary/aromatic N) is 4. The highest BCUT2D eigenvalue weighted by Gasteiger charge is 2.27. The summed E-state index contributed by atoms with van der Waals surface area (Å²) in [6, 6.07) is 14.1. The standard InChI is InChI=1S/C25H30FN5OS/c1-17-7-11-21(12-8-17)27-24(32)19(3)33-25-29-28-23(18(2)30-15-5-4-6-16-30)31(25)22-13-9-20(26)10-14-22/h7-14,18-19H,4-6,15-16H2,1-3H3,(H,27,32). The fourth-order valence-electron chi connectivity index (χ4n) is 4.02. The summed E-state index contributed by atoms with van der Waals surface area (Å²) in [6.45, 7) is 8.04. The van der Waals surface area contributed by atoms with E-state index >= 15 is 0 Å². The summed E-state index contributed by atoms with van der Waals surface area (Å²) in [5.41, 5.74) is 2.68. The number of carbonyl (C=O) groups excluding carboxylic acids is 1. The van der Waals surface area contributed by atoms with Crippen molar-refractivity contribution in [1.82, 2.24) is 19.7 Å². The van der Waals surface area contributed by atoms with Crippen LogP contribution in [0, 0.1) is 12.7 Å². The third-order valence-electron chi connectivity index (χ3n) is 6.03. The number of piperidine rings is 1. The molecule has 0 radical (unpaired) electrons. The summed E-state index contributed by atoms with van der Waals surface area (Å²) in [5, 5.41) is 12.2. The van der Waals surface area contributed by atoms with Gasteiger partial charge in [0, 0.05) is 11.4 Å². The normalized spacial score (nSPS) is 16.4. The molecule has 6 nitrogen and oxygen atoms in total. The molecule has 2 aromatic carbocycles. The van der Waals surface area contributed by atoms with Crippen molar-refractivity contribution in [3.8, 4) is 5.69 Å². The van der Waals surface area contributed by atoms with Crippen LogP contribution in [0.5, 0.6) is 0 Å². The summed E-state index contributed by atoms with van der Waals surface area (Å²) in [6.07, 6.45) is 3.60. The van der Waals surface area contributed by atoms with E-state index < -0.39 is 5.25 Å². The van der Waals surface area contributed by atoms with Gasteiger partial charge in [-0.1, -0.05) is 35.9 Å². The SMILES string of the molecule is Cc1ccc(NC(=O)C(C)Sc2nnc(C(C)N3CCCCC3)n2-c2ccc(F)cc2)cc1. The number of likely N-dealkylation sites (tertiary alicyclic amines) is 1. The van der Waals surface area contributed by atoms with Gasteiger partial charge in [0.15, 0.2) is 11.0 Å². The summed E-state index contributed by atoms with van der Waals surface area (Å²) in [4.78, 5) is 15.2. The Bertz CT molecular complexity index is 1080. The van der Waals surface area contributed by atoms with E-state index in [2.05, 4.69) is 27.3 Å². The smallest absolute Gasteiger partial charge is 0.237 e. The Kier molecular flexibility index (Phi) is 7.45. The first-order valence-corrected chi connectivity index (χ1v) is 12.3. The van der Waals surface area contributed by atoms with E-state index in [1.807, 2.05) is 42.7 Å². The van der Waals surface area contributed by atoms with Crippen molar-refractivity contribution in [3.63, 3.8) is 0 Å². The van der Waals surface area contributed by atoms with Gasteiger partial charge < -0.3 is 5.32 Å². The Morgan fingerprint density at radius 1 is 1.00 bits per heavy atom. The van der Waals surface area contributed by atoms with E-state index in [9.17, 15) is 9.18 Å².